The van der Waals surface area contributed by atoms with Crippen molar-refractivity contribution in [1.29, 1.82) is 0 Å². The third-order valence-corrected chi connectivity index (χ3v) is 2.10. The fourth-order valence-electron chi connectivity index (χ4n) is 0.906. The third-order valence-electron chi connectivity index (χ3n) is 2.10. The highest BCUT2D eigenvalue weighted by molar-refractivity contribution is 5.80. The third kappa shape index (κ3) is 8.15. The van der Waals surface area contributed by atoms with Gasteiger partial charge in [-0.05, 0) is 32.8 Å². The smallest absolute Gasteiger partial charge is 0.328 e. The number of ether oxygens (including phenoxy) is 2. The lowest BCUT2D eigenvalue weighted by molar-refractivity contribution is -0.131. The van der Waals surface area contributed by atoms with Crippen molar-refractivity contribution >= 4 is 5.97 Å². The Bertz CT molecular complexity index is 231. The molecule has 0 atom stereocenters. The quantitative estimate of drug-likeness (QED) is 0.521. The molecule has 0 fully saturated rings. The van der Waals surface area contributed by atoms with E-state index in [-0.39, 0.29) is 5.60 Å². The summed E-state index contributed by atoms with van der Waals surface area (Å²) in [5, 5.41) is 8.46. The second-order valence-electron chi connectivity index (χ2n) is 4.10. The second kappa shape index (κ2) is 6.58. The molecule has 0 aliphatic heterocycles. The number of methoxy groups -OCH3 is 1. The van der Waals surface area contributed by atoms with E-state index in [4.69, 9.17) is 14.6 Å². The highest BCUT2D eigenvalue weighted by atomic mass is 16.5. The van der Waals surface area contributed by atoms with Crippen molar-refractivity contribution in [2.75, 3.05) is 20.3 Å². The largest absolute Gasteiger partial charge is 0.478 e. The molecule has 0 aliphatic rings. The first-order valence-corrected chi connectivity index (χ1v) is 4.90. The van der Waals surface area contributed by atoms with Crippen molar-refractivity contribution in [2.24, 2.45) is 0 Å². The molecular weight excluding hydrogens is 196 g/mol. The van der Waals surface area contributed by atoms with Crippen molar-refractivity contribution < 1.29 is 19.4 Å². The predicted molar refractivity (Wildman–Crippen MR) is 57.9 cm³/mol. The van der Waals surface area contributed by atoms with Gasteiger partial charge in [-0.3, -0.25) is 0 Å². The lowest BCUT2D eigenvalue weighted by atomic mass is 10.1. The van der Waals surface area contributed by atoms with Gasteiger partial charge < -0.3 is 14.6 Å². The van der Waals surface area contributed by atoms with Crippen molar-refractivity contribution in [1.82, 2.24) is 0 Å². The van der Waals surface area contributed by atoms with Gasteiger partial charge in [0.25, 0.3) is 0 Å². The average molecular weight is 216 g/mol. The first-order chi connectivity index (χ1) is 6.87. The fourth-order valence-corrected chi connectivity index (χ4v) is 0.906. The van der Waals surface area contributed by atoms with Crippen molar-refractivity contribution in [3.63, 3.8) is 0 Å². The van der Waals surface area contributed by atoms with E-state index in [1.54, 1.807) is 14.0 Å². The van der Waals surface area contributed by atoms with Gasteiger partial charge in [0.2, 0.25) is 0 Å². The molecule has 0 aliphatic carbocycles. The van der Waals surface area contributed by atoms with Crippen LogP contribution in [0.5, 0.6) is 0 Å². The van der Waals surface area contributed by atoms with Crippen LogP contribution in [0.25, 0.3) is 0 Å². The monoisotopic (exact) mass is 216 g/mol. The molecule has 0 saturated heterocycles. The number of hydrogen-bond acceptors (Lipinski definition) is 3. The molecule has 0 aromatic carbocycles. The Labute approximate surface area is 90.9 Å². The lowest BCUT2D eigenvalue weighted by Gasteiger charge is -2.22. The van der Waals surface area contributed by atoms with E-state index in [2.05, 4.69) is 0 Å². The van der Waals surface area contributed by atoms with Gasteiger partial charge in [0.05, 0.1) is 12.2 Å². The van der Waals surface area contributed by atoms with Gasteiger partial charge in [-0.2, -0.15) is 0 Å². The summed E-state index contributed by atoms with van der Waals surface area (Å²) in [5.74, 6) is -0.937. The van der Waals surface area contributed by atoms with Gasteiger partial charge in [-0.1, -0.05) is 0 Å². The molecule has 0 spiro atoms. The van der Waals surface area contributed by atoms with E-state index in [0.29, 0.717) is 18.8 Å². The van der Waals surface area contributed by atoms with E-state index < -0.39 is 5.97 Å². The Kier molecular flexibility index (Phi) is 6.20. The Morgan fingerprint density at radius 2 is 2.07 bits per heavy atom. The van der Waals surface area contributed by atoms with Crippen LogP contribution in [-0.4, -0.2) is 37.0 Å². The molecule has 0 rings (SSSR count). The summed E-state index contributed by atoms with van der Waals surface area (Å²) in [6, 6.07) is 0. The maximum absolute atomic E-state index is 10.3. The molecular formula is C11H20O4. The molecule has 88 valence electrons. The van der Waals surface area contributed by atoms with E-state index in [1.807, 2.05) is 13.8 Å². The van der Waals surface area contributed by atoms with Crippen LogP contribution in [0, 0.1) is 0 Å². The van der Waals surface area contributed by atoms with Gasteiger partial charge in [0.15, 0.2) is 0 Å². The zero-order valence-corrected chi connectivity index (χ0v) is 9.87. The zero-order valence-electron chi connectivity index (χ0n) is 9.87. The number of carboxylic acid groups (broad SMARTS) is 1. The molecule has 0 saturated carbocycles. The number of rotatable bonds is 7. The molecule has 0 heterocycles. The summed E-state index contributed by atoms with van der Waals surface area (Å²) < 4.78 is 10.5. The van der Waals surface area contributed by atoms with Crippen LogP contribution < -0.4 is 0 Å². The van der Waals surface area contributed by atoms with Gasteiger partial charge in [0, 0.05) is 19.8 Å². The molecule has 0 unspecified atom stereocenters. The first kappa shape index (κ1) is 14.1. The molecule has 4 heteroatoms. The molecule has 15 heavy (non-hydrogen) atoms. The molecule has 0 amide bonds. The fraction of sp³-hybridized carbons (Fsp3) is 0.727. The van der Waals surface area contributed by atoms with E-state index in [0.717, 1.165) is 12.5 Å². The minimum absolute atomic E-state index is 0.190. The molecule has 0 aromatic rings. The van der Waals surface area contributed by atoms with Crippen molar-refractivity contribution in [2.45, 2.75) is 32.8 Å². The Balaban J connectivity index is 3.68. The Morgan fingerprint density at radius 1 is 1.47 bits per heavy atom. The van der Waals surface area contributed by atoms with Crippen LogP contribution in [0.2, 0.25) is 0 Å². The van der Waals surface area contributed by atoms with Crippen LogP contribution in [0.3, 0.4) is 0 Å². The highest BCUT2D eigenvalue weighted by Gasteiger charge is 2.15. The summed E-state index contributed by atoms with van der Waals surface area (Å²) in [6.45, 7) is 6.61. The standard InChI is InChI=1S/C11H20O4/c1-9(7-10(12)13)8-15-6-5-11(2,3)14-4/h7H,5-6,8H2,1-4H3,(H,12,13). The van der Waals surface area contributed by atoms with Gasteiger partial charge in [0.1, 0.15) is 0 Å². The lowest BCUT2D eigenvalue weighted by Crippen LogP contribution is -2.24. The molecule has 4 nitrogen and oxygen atoms in total. The number of aliphatic carboxylic acids is 1. The summed E-state index contributed by atoms with van der Waals surface area (Å²) in [7, 11) is 1.66. The zero-order chi connectivity index (χ0) is 11.9. The Morgan fingerprint density at radius 3 is 2.53 bits per heavy atom. The number of carboxylic acids is 1. The van der Waals surface area contributed by atoms with Crippen LogP contribution in [-0.2, 0) is 14.3 Å². The van der Waals surface area contributed by atoms with E-state index in [1.165, 1.54) is 0 Å². The highest BCUT2D eigenvalue weighted by Crippen LogP contribution is 2.12. The molecule has 0 radical (unpaired) electrons. The minimum Gasteiger partial charge on any atom is -0.478 e. The molecule has 0 bridgehead atoms. The van der Waals surface area contributed by atoms with Crippen molar-refractivity contribution in [3.8, 4) is 0 Å². The first-order valence-electron chi connectivity index (χ1n) is 4.90. The minimum atomic E-state index is -0.937. The predicted octanol–water partition coefficient (Wildman–Crippen LogP) is 1.85. The van der Waals surface area contributed by atoms with E-state index in [9.17, 15) is 4.79 Å². The topological polar surface area (TPSA) is 55.8 Å². The average Bonchev–Trinajstić information content (AvgIpc) is 2.11. The Hall–Kier alpha value is -0.870. The van der Waals surface area contributed by atoms with Gasteiger partial charge >= 0.3 is 5.97 Å². The SMILES string of the molecule is COC(C)(C)CCOCC(C)=CC(=O)O. The summed E-state index contributed by atoms with van der Waals surface area (Å²) in [4.78, 5) is 10.3. The molecule has 1 N–H and O–H groups in total. The maximum atomic E-state index is 10.3. The van der Waals surface area contributed by atoms with Crippen molar-refractivity contribution in [3.05, 3.63) is 11.6 Å². The second-order valence-corrected chi connectivity index (χ2v) is 4.10. The summed E-state index contributed by atoms with van der Waals surface area (Å²) in [6.07, 6.45) is 1.94. The molecule has 0 aromatic heterocycles. The number of hydrogen-bond donors (Lipinski definition) is 1. The van der Waals surface area contributed by atoms with Gasteiger partial charge in [-0.15, -0.1) is 0 Å². The number of carbonyl (C=O) groups is 1. The van der Waals surface area contributed by atoms with Crippen LogP contribution >= 0.6 is 0 Å². The van der Waals surface area contributed by atoms with Crippen LogP contribution in [0.15, 0.2) is 11.6 Å². The normalized spacial score (nSPS) is 12.9. The van der Waals surface area contributed by atoms with Crippen LogP contribution in [0.1, 0.15) is 27.2 Å². The maximum Gasteiger partial charge on any atom is 0.328 e. The van der Waals surface area contributed by atoms with Crippen LogP contribution in [0.4, 0.5) is 0 Å². The van der Waals surface area contributed by atoms with Gasteiger partial charge in [-0.25, -0.2) is 4.79 Å². The summed E-state index contributed by atoms with van der Waals surface area (Å²) in [5.41, 5.74) is 0.516. The summed E-state index contributed by atoms with van der Waals surface area (Å²) >= 11 is 0. The van der Waals surface area contributed by atoms with E-state index >= 15 is 0 Å².